The first-order chi connectivity index (χ1) is 9.48. The third-order valence-electron chi connectivity index (χ3n) is 3.05. The van der Waals surface area contributed by atoms with Crippen LogP contribution in [0.25, 0.3) is 0 Å². The molecule has 3 nitrogen and oxygen atoms in total. The SMILES string of the molecule is Cc1ccccc1CNS(=O)(=O)Cc1ccccc1Cl. The van der Waals surface area contributed by atoms with Gasteiger partial charge in [0.2, 0.25) is 10.0 Å². The van der Waals surface area contributed by atoms with Gasteiger partial charge in [-0.2, -0.15) is 0 Å². The highest BCUT2D eigenvalue weighted by Crippen LogP contribution is 2.17. The Hall–Kier alpha value is -1.36. The molecular formula is C15H16ClNO2S. The van der Waals surface area contributed by atoms with E-state index in [1.807, 2.05) is 31.2 Å². The lowest BCUT2D eigenvalue weighted by Gasteiger charge is -2.09. The van der Waals surface area contributed by atoms with Crippen LogP contribution in [0.1, 0.15) is 16.7 Å². The van der Waals surface area contributed by atoms with Crippen LogP contribution in [-0.4, -0.2) is 8.42 Å². The summed E-state index contributed by atoms with van der Waals surface area (Å²) in [5.41, 5.74) is 2.63. The molecule has 0 saturated heterocycles. The molecule has 0 heterocycles. The molecule has 0 unspecified atom stereocenters. The molecule has 0 bridgehead atoms. The maximum atomic E-state index is 12.1. The van der Waals surface area contributed by atoms with E-state index in [0.29, 0.717) is 17.1 Å². The van der Waals surface area contributed by atoms with E-state index in [0.717, 1.165) is 11.1 Å². The number of nitrogens with one attached hydrogen (secondary N) is 1. The van der Waals surface area contributed by atoms with Gasteiger partial charge in [0.15, 0.2) is 0 Å². The van der Waals surface area contributed by atoms with Crippen LogP contribution in [0.3, 0.4) is 0 Å². The smallest absolute Gasteiger partial charge is 0.212 e. The third kappa shape index (κ3) is 4.07. The van der Waals surface area contributed by atoms with Crippen LogP contribution in [0.4, 0.5) is 0 Å². The van der Waals surface area contributed by atoms with E-state index in [4.69, 9.17) is 11.6 Å². The molecule has 0 saturated carbocycles. The Morgan fingerprint density at radius 3 is 2.25 bits per heavy atom. The maximum Gasteiger partial charge on any atom is 0.216 e. The predicted molar refractivity (Wildman–Crippen MR) is 82.1 cm³/mol. The molecule has 2 aromatic rings. The maximum absolute atomic E-state index is 12.1. The lowest BCUT2D eigenvalue weighted by atomic mass is 10.1. The molecule has 0 atom stereocenters. The summed E-state index contributed by atoms with van der Waals surface area (Å²) in [5, 5.41) is 0.466. The van der Waals surface area contributed by atoms with Crippen molar-refractivity contribution in [3.63, 3.8) is 0 Å². The minimum atomic E-state index is -3.41. The first-order valence-electron chi connectivity index (χ1n) is 6.23. The fraction of sp³-hybridized carbons (Fsp3) is 0.200. The highest BCUT2D eigenvalue weighted by Gasteiger charge is 2.13. The van der Waals surface area contributed by atoms with Crippen LogP contribution in [-0.2, 0) is 22.3 Å². The van der Waals surface area contributed by atoms with E-state index >= 15 is 0 Å². The molecule has 0 aliphatic carbocycles. The van der Waals surface area contributed by atoms with E-state index in [2.05, 4.69) is 4.72 Å². The number of hydrogen-bond donors (Lipinski definition) is 1. The van der Waals surface area contributed by atoms with Crippen molar-refractivity contribution in [2.75, 3.05) is 0 Å². The van der Waals surface area contributed by atoms with Gasteiger partial charge in [-0.1, -0.05) is 54.1 Å². The Morgan fingerprint density at radius 1 is 1.00 bits per heavy atom. The van der Waals surface area contributed by atoms with Gasteiger partial charge in [-0.25, -0.2) is 13.1 Å². The zero-order valence-corrected chi connectivity index (χ0v) is 12.7. The zero-order chi connectivity index (χ0) is 14.6. The van der Waals surface area contributed by atoms with Crippen LogP contribution in [0.2, 0.25) is 5.02 Å². The predicted octanol–water partition coefficient (Wildman–Crippen LogP) is 3.27. The normalized spacial score (nSPS) is 11.5. The summed E-state index contributed by atoms with van der Waals surface area (Å²) in [6.07, 6.45) is 0. The molecule has 0 spiro atoms. The van der Waals surface area contributed by atoms with E-state index in [1.54, 1.807) is 24.3 Å². The second kappa shape index (κ2) is 6.39. The molecular weight excluding hydrogens is 294 g/mol. The summed E-state index contributed by atoms with van der Waals surface area (Å²) in [5.74, 6) is -0.113. The average Bonchev–Trinajstić information content (AvgIpc) is 2.40. The Labute approximate surface area is 124 Å². The zero-order valence-electron chi connectivity index (χ0n) is 11.1. The number of hydrogen-bond acceptors (Lipinski definition) is 2. The van der Waals surface area contributed by atoms with Gasteiger partial charge in [0.05, 0.1) is 5.75 Å². The Kier molecular flexibility index (Phi) is 4.81. The van der Waals surface area contributed by atoms with Crippen molar-refractivity contribution in [2.45, 2.75) is 19.2 Å². The van der Waals surface area contributed by atoms with Gasteiger partial charge in [0, 0.05) is 11.6 Å². The number of aryl methyl sites for hydroxylation is 1. The van der Waals surface area contributed by atoms with Crippen LogP contribution in [0.15, 0.2) is 48.5 Å². The number of sulfonamides is 1. The topological polar surface area (TPSA) is 46.2 Å². The second-order valence-corrected chi connectivity index (χ2v) is 6.81. The van der Waals surface area contributed by atoms with Crippen LogP contribution < -0.4 is 4.72 Å². The van der Waals surface area contributed by atoms with E-state index < -0.39 is 10.0 Å². The van der Waals surface area contributed by atoms with Crippen molar-refractivity contribution in [3.05, 3.63) is 70.2 Å². The molecule has 0 radical (unpaired) electrons. The van der Waals surface area contributed by atoms with Crippen molar-refractivity contribution < 1.29 is 8.42 Å². The second-order valence-electron chi connectivity index (χ2n) is 4.60. The van der Waals surface area contributed by atoms with Crippen LogP contribution in [0.5, 0.6) is 0 Å². The van der Waals surface area contributed by atoms with Crippen LogP contribution in [0, 0.1) is 6.92 Å². The summed E-state index contributed by atoms with van der Waals surface area (Å²) in [6.45, 7) is 2.25. The van der Waals surface area contributed by atoms with Crippen molar-refractivity contribution >= 4 is 21.6 Å². The van der Waals surface area contributed by atoms with Gasteiger partial charge in [0.25, 0.3) is 0 Å². The Balaban J connectivity index is 2.05. The van der Waals surface area contributed by atoms with Gasteiger partial charge in [-0.05, 0) is 29.7 Å². The number of rotatable bonds is 5. The van der Waals surface area contributed by atoms with Gasteiger partial charge >= 0.3 is 0 Å². The number of benzene rings is 2. The summed E-state index contributed by atoms with van der Waals surface area (Å²) in [7, 11) is -3.41. The fourth-order valence-corrected chi connectivity index (χ4v) is 3.29. The molecule has 1 N–H and O–H groups in total. The number of halogens is 1. The molecule has 0 aromatic heterocycles. The van der Waals surface area contributed by atoms with Gasteiger partial charge in [-0.3, -0.25) is 0 Å². The summed E-state index contributed by atoms with van der Waals surface area (Å²) in [6, 6.07) is 14.6. The molecule has 0 amide bonds. The molecule has 5 heteroatoms. The molecule has 0 aliphatic rings. The average molecular weight is 310 g/mol. The van der Waals surface area contributed by atoms with Gasteiger partial charge < -0.3 is 0 Å². The lowest BCUT2D eigenvalue weighted by Crippen LogP contribution is -2.25. The molecule has 2 rings (SSSR count). The van der Waals surface area contributed by atoms with Crippen molar-refractivity contribution in [1.29, 1.82) is 0 Å². The van der Waals surface area contributed by atoms with Crippen molar-refractivity contribution in [3.8, 4) is 0 Å². The molecule has 2 aromatic carbocycles. The lowest BCUT2D eigenvalue weighted by molar-refractivity contribution is 0.580. The summed E-state index contributed by atoms with van der Waals surface area (Å²) in [4.78, 5) is 0. The fourth-order valence-electron chi connectivity index (χ4n) is 1.87. The Morgan fingerprint density at radius 2 is 1.60 bits per heavy atom. The first kappa shape index (κ1) is 15.0. The first-order valence-corrected chi connectivity index (χ1v) is 8.26. The minimum Gasteiger partial charge on any atom is -0.212 e. The van der Waals surface area contributed by atoms with Gasteiger partial charge in [-0.15, -0.1) is 0 Å². The van der Waals surface area contributed by atoms with E-state index in [1.165, 1.54) is 0 Å². The largest absolute Gasteiger partial charge is 0.216 e. The highest BCUT2D eigenvalue weighted by atomic mass is 35.5. The highest BCUT2D eigenvalue weighted by molar-refractivity contribution is 7.88. The van der Waals surface area contributed by atoms with Crippen molar-refractivity contribution in [1.82, 2.24) is 4.72 Å². The van der Waals surface area contributed by atoms with E-state index in [-0.39, 0.29) is 5.75 Å². The third-order valence-corrected chi connectivity index (χ3v) is 4.69. The summed E-state index contributed by atoms with van der Waals surface area (Å²) >= 11 is 5.98. The minimum absolute atomic E-state index is 0.113. The molecule has 0 aliphatic heterocycles. The van der Waals surface area contributed by atoms with Crippen molar-refractivity contribution in [2.24, 2.45) is 0 Å². The van der Waals surface area contributed by atoms with E-state index in [9.17, 15) is 8.42 Å². The molecule has 0 fully saturated rings. The summed E-state index contributed by atoms with van der Waals surface area (Å²) < 4.78 is 26.7. The van der Waals surface area contributed by atoms with Crippen LogP contribution >= 0.6 is 11.6 Å². The monoisotopic (exact) mass is 309 g/mol. The quantitative estimate of drug-likeness (QED) is 0.921. The standard InChI is InChI=1S/C15H16ClNO2S/c1-12-6-2-3-7-13(12)10-17-20(18,19)11-14-8-4-5-9-15(14)16/h2-9,17H,10-11H2,1H3. The molecule has 20 heavy (non-hydrogen) atoms. The Bertz CT molecular complexity index is 699. The van der Waals surface area contributed by atoms with Gasteiger partial charge in [0.1, 0.15) is 0 Å². The molecule has 106 valence electrons.